The number of aryl methyl sites for hydroxylation is 1. The van der Waals surface area contributed by atoms with Crippen LogP contribution in [0.4, 0.5) is 11.6 Å². The summed E-state index contributed by atoms with van der Waals surface area (Å²) in [7, 11) is 0. The number of rotatable bonds is 5. The Labute approximate surface area is 183 Å². The van der Waals surface area contributed by atoms with Gasteiger partial charge >= 0.3 is 0 Å². The third-order valence-electron chi connectivity index (χ3n) is 5.01. The number of ketones is 1. The Kier molecular flexibility index (Phi) is 5.55. The van der Waals surface area contributed by atoms with Gasteiger partial charge in [-0.25, -0.2) is 9.97 Å². The third kappa shape index (κ3) is 4.13. The lowest BCUT2D eigenvalue weighted by molar-refractivity contribution is -0.112. The molecule has 4 aromatic rings. The molecule has 0 bridgehead atoms. The summed E-state index contributed by atoms with van der Waals surface area (Å²) in [5, 5.41) is 12.6. The van der Waals surface area contributed by atoms with Gasteiger partial charge in [0.1, 0.15) is 11.6 Å². The minimum absolute atomic E-state index is 0.219. The van der Waals surface area contributed by atoms with E-state index < -0.39 is 11.7 Å². The molecule has 0 aliphatic carbocycles. The van der Waals surface area contributed by atoms with E-state index in [1.165, 1.54) is 18.3 Å². The molecular weight excluding hydrogens is 404 g/mol. The van der Waals surface area contributed by atoms with Crippen molar-refractivity contribution in [1.29, 1.82) is 5.26 Å². The van der Waals surface area contributed by atoms with E-state index in [0.29, 0.717) is 22.3 Å². The molecule has 0 spiro atoms. The first-order chi connectivity index (χ1) is 15.5. The first-order valence-electron chi connectivity index (χ1n) is 9.75. The zero-order valence-corrected chi connectivity index (χ0v) is 17.2. The number of nitrogens with one attached hydrogen (secondary N) is 1. The summed E-state index contributed by atoms with van der Waals surface area (Å²) in [6.45, 7) is 1.95. The number of nitriles is 1. The van der Waals surface area contributed by atoms with Crippen molar-refractivity contribution in [3.8, 4) is 17.3 Å². The van der Waals surface area contributed by atoms with Crippen molar-refractivity contribution in [2.75, 3.05) is 11.1 Å². The SMILES string of the molecule is Cc1ccncc1-c1cc2cc(NC(=O)C(=O)c3ccc(CC#N)cc3)ncc2c(N)n1. The maximum atomic E-state index is 12.5. The van der Waals surface area contributed by atoms with Crippen LogP contribution in [-0.2, 0) is 11.2 Å². The molecule has 0 saturated heterocycles. The number of Topliss-reactive ketones (excluding diaryl/α,β-unsaturated/α-hetero) is 1. The lowest BCUT2D eigenvalue weighted by Gasteiger charge is -2.10. The number of carbonyl (C=O) groups is 2. The van der Waals surface area contributed by atoms with Gasteiger partial charge in [-0.2, -0.15) is 5.26 Å². The molecule has 0 fully saturated rings. The smallest absolute Gasteiger partial charge is 0.297 e. The van der Waals surface area contributed by atoms with Gasteiger partial charge < -0.3 is 11.1 Å². The van der Waals surface area contributed by atoms with Crippen LogP contribution in [0.1, 0.15) is 21.5 Å². The van der Waals surface area contributed by atoms with Gasteiger partial charge in [-0.15, -0.1) is 0 Å². The van der Waals surface area contributed by atoms with E-state index in [0.717, 1.165) is 16.7 Å². The molecular formula is C24H18N6O2. The predicted octanol–water partition coefficient (Wildman–Crippen LogP) is 3.47. The minimum Gasteiger partial charge on any atom is -0.383 e. The summed E-state index contributed by atoms with van der Waals surface area (Å²) < 4.78 is 0. The maximum absolute atomic E-state index is 12.5. The number of amides is 1. The van der Waals surface area contributed by atoms with Crippen molar-refractivity contribution in [2.45, 2.75) is 13.3 Å². The molecule has 0 atom stereocenters. The lowest BCUT2D eigenvalue weighted by Crippen LogP contribution is -2.23. The van der Waals surface area contributed by atoms with E-state index >= 15 is 0 Å². The van der Waals surface area contributed by atoms with Crippen LogP contribution < -0.4 is 11.1 Å². The molecule has 0 saturated carbocycles. The Bertz CT molecular complexity index is 1390. The third-order valence-corrected chi connectivity index (χ3v) is 5.01. The molecule has 1 amide bonds. The molecule has 0 radical (unpaired) electrons. The predicted molar refractivity (Wildman–Crippen MR) is 121 cm³/mol. The van der Waals surface area contributed by atoms with Crippen molar-refractivity contribution in [3.63, 3.8) is 0 Å². The molecule has 8 heteroatoms. The molecule has 0 aliphatic rings. The monoisotopic (exact) mass is 422 g/mol. The highest BCUT2D eigenvalue weighted by atomic mass is 16.2. The number of hydrogen-bond donors (Lipinski definition) is 2. The van der Waals surface area contributed by atoms with E-state index in [2.05, 4.69) is 20.3 Å². The van der Waals surface area contributed by atoms with Crippen LogP contribution in [0.2, 0.25) is 0 Å². The number of benzene rings is 1. The number of fused-ring (bicyclic) bond motifs is 1. The van der Waals surface area contributed by atoms with Gasteiger partial charge in [0.05, 0.1) is 18.2 Å². The Morgan fingerprint density at radius 1 is 1.12 bits per heavy atom. The highest BCUT2D eigenvalue weighted by Gasteiger charge is 2.17. The van der Waals surface area contributed by atoms with Crippen molar-refractivity contribution in [3.05, 3.63) is 77.7 Å². The summed E-state index contributed by atoms with van der Waals surface area (Å²) in [6.07, 6.45) is 5.16. The Hall–Kier alpha value is -4.64. The van der Waals surface area contributed by atoms with Crippen molar-refractivity contribution >= 4 is 34.1 Å². The summed E-state index contributed by atoms with van der Waals surface area (Å²) in [5.74, 6) is -0.984. The van der Waals surface area contributed by atoms with Gasteiger partial charge in [-0.05, 0) is 41.6 Å². The van der Waals surface area contributed by atoms with Crippen LogP contribution in [0, 0.1) is 18.3 Å². The van der Waals surface area contributed by atoms with Gasteiger partial charge in [-0.3, -0.25) is 14.6 Å². The Balaban J connectivity index is 1.60. The summed E-state index contributed by atoms with van der Waals surface area (Å²) in [5.41, 5.74) is 9.62. The van der Waals surface area contributed by atoms with Gasteiger partial charge in [0.2, 0.25) is 0 Å². The zero-order chi connectivity index (χ0) is 22.7. The molecule has 8 nitrogen and oxygen atoms in total. The summed E-state index contributed by atoms with van der Waals surface area (Å²) >= 11 is 0. The van der Waals surface area contributed by atoms with E-state index in [9.17, 15) is 9.59 Å². The standard InChI is InChI=1S/C24H18N6O2/c1-14-7-9-27-12-18(14)20-10-17-11-21(28-13-19(17)23(26)29-20)30-24(32)22(31)16-4-2-15(3-5-16)6-8-25/h2-5,7,9-13H,6H2,1H3,(H2,26,29)(H,28,30,32). The number of carbonyl (C=O) groups excluding carboxylic acids is 2. The van der Waals surface area contributed by atoms with Crippen LogP contribution in [0.3, 0.4) is 0 Å². The molecule has 0 aliphatic heterocycles. The van der Waals surface area contributed by atoms with E-state index in [-0.39, 0.29) is 17.8 Å². The van der Waals surface area contributed by atoms with Gasteiger partial charge in [0.25, 0.3) is 11.7 Å². The Morgan fingerprint density at radius 2 is 1.91 bits per heavy atom. The number of aromatic nitrogens is 3. The quantitative estimate of drug-likeness (QED) is 0.371. The number of hydrogen-bond acceptors (Lipinski definition) is 7. The van der Waals surface area contributed by atoms with E-state index in [1.807, 2.05) is 25.1 Å². The second kappa shape index (κ2) is 8.62. The number of pyridine rings is 3. The van der Waals surface area contributed by atoms with Gasteiger partial charge in [-0.1, -0.05) is 24.3 Å². The number of nitrogen functional groups attached to an aromatic ring is 1. The van der Waals surface area contributed by atoms with E-state index in [4.69, 9.17) is 11.0 Å². The normalized spacial score (nSPS) is 10.5. The van der Waals surface area contributed by atoms with Gasteiger partial charge in [0.15, 0.2) is 0 Å². The minimum atomic E-state index is -0.810. The molecule has 3 heterocycles. The maximum Gasteiger partial charge on any atom is 0.297 e. The largest absolute Gasteiger partial charge is 0.383 e. The molecule has 4 rings (SSSR count). The molecule has 156 valence electrons. The highest BCUT2D eigenvalue weighted by Crippen LogP contribution is 2.28. The first kappa shape index (κ1) is 20.6. The second-order valence-corrected chi connectivity index (χ2v) is 7.19. The fourth-order valence-corrected chi connectivity index (χ4v) is 3.28. The van der Waals surface area contributed by atoms with Crippen LogP contribution in [0.25, 0.3) is 22.0 Å². The fourth-order valence-electron chi connectivity index (χ4n) is 3.28. The average molecular weight is 422 g/mol. The van der Waals surface area contributed by atoms with E-state index in [1.54, 1.807) is 30.6 Å². The fraction of sp³-hybridized carbons (Fsp3) is 0.0833. The Morgan fingerprint density at radius 3 is 2.62 bits per heavy atom. The van der Waals surface area contributed by atoms with Gasteiger partial charge in [0, 0.05) is 35.1 Å². The average Bonchev–Trinajstić information content (AvgIpc) is 2.79. The molecule has 3 aromatic heterocycles. The van der Waals surface area contributed by atoms with Crippen LogP contribution in [0.15, 0.2) is 61.1 Å². The van der Waals surface area contributed by atoms with Crippen LogP contribution in [0.5, 0.6) is 0 Å². The first-order valence-corrected chi connectivity index (χ1v) is 9.75. The lowest BCUT2D eigenvalue weighted by atomic mass is 10.1. The second-order valence-electron chi connectivity index (χ2n) is 7.19. The summed E-state index contributed by atoms with van der Waals surface area (Å²) in [4.78, 5) is 37.7. The number of nitrogens with two attached hydrogens (primary N) is 1. The number of nitrogens with zero attached hydrogens (tertiary/aromatic N) is 4. The van der Waals surface area contributed by atoms with Crippen molar-refractivity contribution in [1.82, 2.24) is 15.0 Å². The molecule has 32 heavy (non-hydrogen) atoms. The van der Waals surface area contributed by atoms with Crippen molar-refractivity contribution in [2.24, 2.45) is 0 Å². The number of anilines is 2. The summed E-state index contributed by atoms with van der Waals surface area (Å²) in [6, 6.07) is 13.7. The van der Waals surface area contributed by atoms with Crippen LogP contribution >= 0.6 is 0 Å². The van der Waals surface area contributed by atoms with Crippen LogP contribution in [-0.4, -0.2) is 26.6 Å². The highest BCUT2D eigenvalue weighted by molar-refractivity contribution is 6.46. The zero-order valence-electron chi connectivity index (χ0n) is 17.2. The molecule has 0 unspecified atom stereocenters. The molecule has 1 aromatic carbocycles. The topological polar surface area (TPSA) is 135 Å². The molecule has 3 N–H and O–H groups in total. The van der Waals surface area contributed by atoms with Crippen molar-refractivity contribution < 1.29 is 9.59 Å².